The number of nitrogens with zero attached hydrogens (tertiary/aromatic N) is 1. The first-order valence-corrected chi connectivity index (χ1v) is 5.89. The van der Waals surface area contributed by atoms with Crippen molar-refractivity contribution in [3.05, 3.63) is 28.8 Å². The second-order valence-corrected chi connectivity index (χ2v) is 5.59. The average molecular weight is 238 g/mol. The maximum atomic E-state index is 11.0. The summed E-state index contributed by atoms with van der Waals surface area (Å²) in [6, 6.07) is 5.51. The summed E-state index contributed by atoms with van der Waals surface area (Å²) >= 11 is 5.88. The van der Waals surface area contributed by atoms with E-state index in [1.807, 2.05) is 12.1 Å². The van der Waals surface area contributed by atoms with Crippen LogP contribution in [0.5, 0.6) is 0 Å². The Morgan fingerprint density at radius 1 is 1.44 bits per heavy atom. The molecule has 1 fully saturated rings. The van der Waals surface area contributed by atoms with Crippen LogP contribution in [0.1, 0.15) is 30.6 Å². The molecule has 0 saturated carbocycles. The summed E-state index contributed by atoms with van der Waals surface area (Å²) in [7, 11) is 0. The highest BCUT2D eigenvalue weighted by molar-refractivity contribution is 6.31. The van der Waals surface area contributed by atoms with E-state index >= 15 is 0 Å². The SMILES string of the molecule is CC1(C)CCN(c2ccc(Cl)cc2C=O)C1. The van der Waals surface area contributed by atoms with Gasteiger partial charge in [0.05, 0.1) is 0 Å². The van der Waals surface area contributed by atoms with Crippen molar-refractivity contribution < 1.29 is 4.79 Å². The highest BCUT2D eigenvalue weighted by Crippen LogP contribution is 2.34. The van der Waals surface area contributed by atoms with E-state index in [0.29, 0.717) is 16.0 Å². The van der Waals surface area contributed by atoms with Gasteiger partial charge < -0.3 is 4.90 Å². The van der Waals surface area contributed by atoms with Gasteiger partial charge in [-0.15, -0.1) is 0 Å². The van der Waals surface area contributed by atoms with E-state index in [-0.39, 0.29) is 0 Å². The largest absolute Gasteiger partial charge is 0.370 e. The molecule has 1 aromatic carbocycles. The Morgan fingerprint density at radius 3 is 2.75 bits per heavy atom. The van der Waals surface area contributed by atoms with Crippen molar-refractivity contribution in [2.45, 2.75) is 20.3 Å². The molecular weight excluding hydrogens is 222 g/mol. The van der Waals surface area contributed by atoms with Crippen LogP contribution in [0.2, 0.25) is 5.02 Å². The topological polar surface area (TPSA) is 20.3 Å². The number of hydrogen-bond acceptors (Lipinski definition) is 2. The van der Waals surface area contributed by atoms with Gasteiger partial charge in [0.25, 0.3) is 0 Å². The molecule has 16 heavy (non-hydrogen) atoms. The molecule has 0 unspecified atom stereocenters. The van der Waals surface area contributed by atoms with Crippen molar-refractivity contribution in [1.82, 2.24) is 0 Å². The number of rotatable bonds is 2. The fraction of sp³-hybridized carbons (Fsp3) is 0.462. The number of aldehydes is 1. The first-order chi connectivity index (χ1) is 7.52. The molecule has 0 aromatic heterocycles. The van der Waals surface area contributed by atoms with Crippen LogP contribution in [0, 0.1) is 5.41 Å². The summed E-state index contributed by atoms with van der Waals surface area (Å²) in [4.78, 5) is 13.3. The lowest BCUT2D eigenvalue weighted by molar-refractivity contribution is 0.112. The number of hydrogen-bond donors (Lipinski definition) is 0. The van der Waals surface area contributed by atoms with Crippen LogP contribution >= 0.6 is 11.6 Å². The maximum absolute atomic E-state index is 11.0. The third-order valence-electron chi connectivity index (χ3n) is 3.13. The molecule has 0 bridgehead atoms. The normalized spacial score (nSPS) is 18.8. The minimum atomic E-state index is 0.333. The molecule has 1 aliphatic rings. The Kier molecular flexibility index (Phi) is 2.94. The third kappa shape index (κ3) is 2.22. The standard InChI is InChI=1S/C13H16ClNO/c1-13(2)5-6-15(9-13)12-4-3-11(14)7-10(12)8-16/h3-4,7-8H,5-6,9H2,1-2H3. The predicted molar refractivity (Wildman–Crippen MR) is 67.5 cm³/mol. The zero-order valence-corrected chi connectivity index (χ0v) is 10.4. The van der Waals surface area contributed by atoms with E-state index < -0.39 is 0 Å². The Labute approximate surface area is 101 Å². The summed E-state index contributed by atoms with van der Waals surface area (Å²) in [6.45, 7) is 6.51. The number of halogens is 1. The Bertz CT molecular complexity index is 414. The molecule has 1 aliphatic heterocycles. The smallest absolute Gasteiger partial charge is 0.152 e. The van der Waals surface area contributed by atoms with Crippen LogP contribution in [-0.2, 0) is 0 Å². The first kappa shape index (κ1) is 11.5. The molecule has 2 rings (SSSR count). The molecule has 0 radical (unpaired) electrons. The summed E-state index contributed by atoms with van der Waals surface area (Å²) < 4.78 is 0. The zero-order valence-electron chi connectivity index (χ0n) is 9.66. The lowest BCUT2D eigenvalue weighted by atomic mass is 9.93. The van der Waals surface area contributed by atoms with E-state index in [9.17, 15) is 4.79 Å². The highest BCUT2D eigenvalue weighted by atomic mass is 35.5. The molecule has 0 atom stereocenters. The second kappa shape index (κ2) is 4.10. The average Bonchev–Trinajstić information content (AvgIpc) is 2.58. The van der Waals surface area contributed by atoms with Crippen LogP contribution in [0.3, 0.4) is 0 Å². The van der Waals surface area contributed by atoms with Crippen LogP contribution in [0.15, 0.2) is 18.2 Å². The van der Waals surface area contributed by atoms with Gasteiger partial charge in [0, 0.05) is 29.4 Å². The van der Waals surface area contributed by atoms with Crippen molar-refractivity contribution in [3.63, 3.8) is 0 Å². The van der Waals surface area contributed by atoms with Gasteiger partial charge in [0.15, 0.2) is 6.29 Å². The Hall–Kier alpha value is -1.02. The molecular formula is C13H16ClNO. The fourth-order valence-corrected chi connectivity index (χ4v) is 2.41. The number of carbonyl (C=O) groups is 1. The van der Waals surface area contributed by atoms with Gasteiger partial charge >= 0.3 is 0 Å². The molecule has 1 heterocycles. The quantitative estimate of drug-likeness (QED) is 0.735. The molecule has 0 aliphatic carbocycles. The number of carbonyl (C=O) groups excluding carboxylic acids is 1. The molecule has 0 amide bonds. The van der Waals surface area contributed by atoms with Crippen molar-refractivity contribution in [2.75, 3.05) is 18.0 Å². The van der Waals surface area contributed by atoms with E-state index in [4.69, 9.17) is 11.6 Å². The van der Waals surface area contributed by atoms with Gasteiger partial charge in [-0.05, 0) is 30.0 Å². The Morgan fingerprint density at radius 2 is 2.19 bits per heavy atom. The monoisotopic (exact) mass is 237 g/mol. The van der Waals surface area contributed by atoms with Gasteiger partial charge in [-0.1, -0.05) is 25.4 Å². The van der Waals surface area contributed by atoms with E-state index in [2.05, 4.69) is 18.7 Å². The van der Waals surface area contributed by atoms with Crippen LogP contribution in [-0.4, -0.2) is 19.4 Å². The first-order valence-electron chi connectivity index (χ1n) is 5.51. The zero-order chi connectivity index (χ0) is 11.8. The maximum Gasteiger partial charge on any atom is 0.152 e. The van der Waals surface area contributed by atoms with Gasteiger partial charge in [0.2, 0.25) is 0 Å². The lowest BCUT2D eigenvalue weighted by Crippen LogP contribution is -2.23. The van der Waals surface area contributed by atoms with Crippen molar-refractivity contribution in [1.29, 1.82) is 0 Å². The molecule has 0 N–H and O–H groups in total. The lowest BCUT2D eigenvalue weighted by Gasteiger charge is -2.22. The molecule has 1 aromatic rings. The molecule has 3 heteroatoms. The summed E-state index contributed by atoms with van der Waals surface area (Å²) in [5, 5.41) is 0.615. The van der Waals surface area contributed by atoms with E-state index in [1.54, 1.807) is 6.07 Å². The van der Waals surface area contributed by atoms with E-state index in [1.165, 1.54) is 0 Å². The van der Waals surface area contributed by atoms with Gasteiger partial charge in [-0.2, -0.15) is 0 Å². The molecule has 0 spiro atoms. The number of benzene rings is 1. The minimum Gasteiger partial charge on any atom is -0.370 e. The van der Waals surface area contributed by atoms with Gasteiger partial charge in [-0.3, -0.25) is 4.79 Å². The highest BCUT2D eigenvalue weighted by Gasteiger charge is 2.30. The van der Waals surface area contributed by atoms with Crippen molar-refractivity contribution >= 4 is 23.6 Å². The third-order valence-corrected chi connectivity index (χ3v) is 3.37. The van der Waals surface area contributed by atoms with Crippen molar-refractivity contribution in [3.8, 4) is 0 Å². The Balaban J connectivity index is 2.31. The van der Waals surface area contributed by atoms with E-state index in [0.717, 1.165) is 31.5 Å². The van der Waals surface area contributed by atoms with Crippen LogP contribution < -0.4 is 4.90 Å². The minimum absolute atomic E-state index is 0.333. The van der Waals surface area contributed by atoms with Crippen molar-refractivity contribution in [2.24, 2.45) is 5.41 Å². The number of anilines is 1. The molecule has 2 nitrogen and oxygen atoms in total. The molecule has 86 valence electrons. The summed E-state index contributed by atoms with van der Waals surface area (Å²) in [5.41, 5.74) is 2.02. The fourth-order valence-electron chi connectivity index (χ4n) is 2.23. The van der Waals surface area contributed by atoms with Gasteiger partial charge in [0.1, 0.15) is 0 Å². The van der Waals surface area contributed by atoms with Gasteiger partial charge in [-0.25, -0.2) is 0 Å². The summed E-state index contributed by atoms with van der Waals surface area (Å²) in [5.74, 6) is 0. The summed E-state index contributed by atoms with van der Waals surface area (Å²) in [6.07, 6.45) is 2.04. The van der Waals surface area contributed by atoms with Crippen LogP contribution in [0.4, 0.5) is 5.69 Å². The predicted octanol–water partition coefficient (Wildman–Crippen LogP) is 3.39. The molecule has 1 saturated heterocycles. The second-order valence-electron chi connectivity index (χ2n) is 5.16. The van der Waals surface area contributed by atoms with Crippen LogP contribution in [0.25, 0.3) is 0 Å².